The summed E-state index contributed by atoms with van der Waals surface area (Å²) in [4.78, 5) is 2.35. The number of ether oxygens (including phenoxy) is 1. The molecule has 0 unspecified atom stereocenters. The van der Waals surface area contributed by atoms with E-state index in [9.17, 15) is 9.50 Å². The smallest absolute Gasteiger partial charge is 0.123 e. The largest absolute Gasteiger partial charge is 0.491 e. The highest BCUT2D eigenvalue weighted by Gasteiger charge is 2.26. The van der Waals surface area contributed by atoms with Crippen LogP contribution in [0.5, 0.6) is 5.75 Å². The second-order valence-electron chi connectivity index (χ2n) is 5.74. The summed E-state index contributed by atoms with van der Waals surface area (Å²) < 4.78 is 18.3. The van der Waals surface area contributed by atoms with Crippen molar-refractivity contribution in [2.24, 2.45) is 0 Å². The van der Waals surface area contributed by atoms with Gasteiger partial charge in [-0.25, -0.2) is 4.39 Å². The molecular formula is C16H24FNO2. The van der Waals surface area contributed by atoms with Crippen molar-refractivity contribution < 1.29 is 14.2 Å². The monoisotopic (exact) mass is 281 g/mol. The van der Waals surface area contributed by atoms with E-state index in [1.54, 1.807) is 12.1 Å². The third kappa shape index (κ3) is 4.18. The fourth-order valence-corrected chi connectivity index (χ4v) is 2.85. The second-order valence-corrected chi connectivity index (χ2v) is 5.74. The van der Waals surface area contributed by atoms with Gasteiger partial charge in [0.1, 0.15) is 24.3 Å². The summed E-state index contributed by atoms with van der Waals surface area (Å²) in [7, 11) is 0. The molecule has 0 aromatic heterocycles. The Morgan fingerprint density at radius 3 is 2.45 bits per heavy atom. The molecule has 0 saturated carbocycles. The van der Waals surface area contributed by atoms with Crippen LogP contribution < -0.4 is 4.74 Å². The highest BCUT2D eigenvalue weighted by atomic mass is 19.1. The maximum absolute atomic E-state index is 12.8. The van der Waals surface area contributed by atoms with E-state index in [0.717, 1.165) is 0 Å². The molecule has 1 fully saturated rings. The minimum Gasteiger partial charge on any atom is -0.491 e. The number of rotatable bonds is 5. The summed E-state index contributed by atoms with van der Waals surface area (Å²) in [6.07, 6.45) is 3.12. The SMILES string of the molecule is C[C@@H]1CCC[C@@H](C)N1C[C@@H](O)COc1ccc(F)cc1. The van der Waals surface area contributed by atoms with Crippen molar-refractivity contribution >= 4 is 0 Å². The minimum absolute atomic E-state index is 0.238. The fourth-order valence-electron chi connectivity index (χ4n) is 2.85. The molecule has 1 aliphatic heterocycles. The summed E-state index contributed by atoms with van der Waals surface area (Å²) in [5, 5.41) is 10.1. The maximum Gasteiger partial charge on any atom is 0.123 e. The first-order valence-electron chi connectivity index (χ1n) is 7.38. The molecule has 1 aliphatic rings. The number of aliphatic hydroxyl groups excluding tert-OH is 1. The topological polar surface area (TPSA) is 32.7 Å². The molecule has 4 heteroatoms. The fraction of sp³-hybridized carbons (Fsp3) is 0.625. The molecule has 20 heavy (non-hydrogen) atoms. The first kappa shape index (κ1) is 15.3. The number of halogens is 1. The number of β-amino-alcohol motifs (C(OH)–C–C–N with tert-alkyl or cyclic N) is 1. The van der Waals surface area contributed by atoms with Gasteiger partial charge in [0, 0.05) is 18.6 Å². The van der Waals surface area contributed by atoms with Gasteiger partial charge in [0.15, 0.2) is 0 Å². The quantitative estimate of drug-likeness (QED) is 0.901. The standard InChI is InChI=1S/C16H24FNO2/c1-12-4-3-5-13(2)18(12)10-15(19)11-20-16-8-6-14(17)7-9-16/h6-9,12-13,15,19H,3-5,10-11H2,1-2H3/t12-,13-,15-/m1/s1. The Balaban J connectivity index is 1.79. The van der Waals surface area contributed by atoms with Gasteiger partial charge in [-0.2, -0.15) is 0 Å². The molecule has 1 saturated heterocycles. The van der Waals surface area contributed by atoms with Crippen molar-refractivity contribution in [2.75, 3.05) is 13.2 Å². The molecule has 0 radical (unpaired) electrons. The lowest BCUT2D eigenvalue weighted by Crippen LogP contribution is -2.48. The average molecular weight is 281 g/mol. The molecule has 0 bridgehead atoms. The van der Waals surface area contributed by atoms with Crippen molar-refractivity contribution in [1.29, 1.82) is 0 Å². The molecular weight excluding hydrogens is 257 g/mol. The van der Waals surface area contributed by atoms with Gasteiger partial charge >= 0.3 is 0 Å². The molecule has 2 rings (SSSR count). The van der Waals surface area contributed by atoms with Gasteiger partial charge in [-0.1, -0.05) is 6.42 Å². The molecule has 1 heterocycles. The lowest BCUT2D eigenvalue weighted by molar-refractivity contribution is 0.0209. The third-order valence-corrected chi connectivity index (χ3v) is 4.05. The Hall–Kier alpha value is -1.13. The van der Waals surface area contributed by atoms with Crippen LogP contribution in [-0.2, 0) is 0 Å². The lowest BCUT2D eigenvalue weighted by Gasteiger charge is -2.40. The van der Waals surface area contributed by atoms with Crippen LogP contribution in [0.3, 0.4) is 0 Å². The van der Waals surface area contributed by atoms with E-state index in [1.807, 2.05) is 0 Å². The molecule has 3 nitrogen and oxygen atoms in total. The Morgan fingerprint density at radius 2 is 1.85 bits per heavy atom. The number of piperidine rings is 1. The Bertz CT molecular complexity index is 399. The summed E-state index contributed by atoms with van der Waals surface area (Å²) >= 11 is 0. The third-order valence-electron chi connectivity index (χ3n) is 4.05. The van der Waals surface area contributed by atoms with Crippen molar-refractivity contribution in [1.82, 2.24) is 4.90 Å². The molecule has 0 spiro atoms. The number of likely N-dealkylation sites (tertiary alicyclic amines) is 1. The predicted octanol–water partition coefficient (Wildman–Crippen LogP) is 2.83. The summed E-state index contributed by atoms with van der Waals surface area (Å²) in [6, 6.07) is 6.90. The molecule has 1 N–H and O–H groups in total. The number of benzene rings is 1. The van der Waals surface area contributed by atoms with Crippen LogP contribution in [-0.4, -0.2) is 41.3 Å². The first-order chi connectivity index (χ1) is 9.56. The van der Waals surface area contributed by atoms with Gasteiger partial charge in [0.25, 0.3) is 0 Å². The van der Waals surface area contributed by atoms with Crippen molar-refractivity contribution in [3.8, 4) is 5.75 Å². The van der Waals surface area contributed by atoms with Crippen LogP contribution in [0.2, 0.25) is 0 Å². The van der Waals surface area contributed by atoms with E-state index in [-0.39, 0.29) is 12.4 Å². The van der Waals surface area contributed by atoms with Gasteiger partial charge in [-0.3, -0.25) is 4.90 Å². The Labute approximate surface area is 120 Å². The van der Waals surface area contributed by atoms with Crippen LogP contribution in [0.15, 0.2) is 24.3 Å². The van der Waals surface area contributed by atoms with E-state index in [2.05, 4.69) is 18.7 Å². The Kier molecular flexibility index (Phi) is 5.38. The number of aliphatic hydroxyl groups is 1. The normalized spacial score (nSPS) is 25.4. The van der Waals surface area contributed by atoms with Crippen LogP contribution in [0.4, 0.5) is 4.39 Å². The van der Waals surface area contributed by atoms with Crippen molar-refractivity contribution in [2.45, 2.75) is 51.3 Å². The van der Waals surface area contributed by atoms with E-state index in [4.69, 9.17) is 4.74 Å². The molecule has 1 aromatic carbocycles. The zero-order chi connectivity index (χ0) is 14.5. The van der Waals surface area contributed by atoms with E-state index in [1.165, 1.54) is 31.4 Å². The summed E-state index contributed by atoms with van der Waals surface area (Å²) in [5.41, 5.74) is 0. The van der Waals surface area contributed by atoms with E-state index < -0.39 is 6.10 Å². The number of hydrogen-bond acceptors (Lipinski definition) is 3. The van der Waals surface area contributed by atoms with Gasteiger partial charge in [-0.05, 0) is 51.0 Å². The first-order valence-corrected chi connectivity index (χ1v) is 7.38. The van der Waals surface area contributed by atoms with E-state index >= 15 is 0 Å². The number of nitrogens with zero attached hydrogens (tertiary/aromatic N) is 1. The zero-order valence-electron chi connectivity index (χ0n) is 12.3. The number of hydrogen-bond donors (Lipinski definition) is 1. The Morgan fingerprint density at radius 1 is 1.25 bits per heavy atom. The minimum atomic E-state index is -0.525. The van der Waals surface area contributed by atoms with Gasteiger partial charge in [0.05, 0.1) is 0 Å². The van der Waals surface area contributed by atoms with Crippen molar-refractivity contribution in [3.63, 3.8) is 0 Å². The second kappa shape index (κ2) is 7.04. The van der Waals surface area contributed by atoms with Gasteiger partial charge < -0.3 is 9.84 Å². The lowest BCUT2D eigenvalue weighted by atomic mass is 9.97. The van der Waals surface area contributed by atoms with Gasteiger partial charge in [-0.15, -0.1) is 0 Å². The molecule has 0 amide bonds. The molecule has 112 valence electrons. The molecule has 1 aromatic rings. The van der Waals surface area contributed by atoms with Crippen LogP contribution in [0.25, 0.3) is 0 Å². The van der Waals surface area contributed by atoms with Crippen LogP contribution in [0.1, 0.15) is 33.1 Å². The van der Waals surface area contributed by atoms with Crippen LogP contribution in [0, 0.1) is 5.82 Å². The van der Waals surface area contributed by atoms with E-state index in [0.29, 0.717) is 24.4 Å². The van der Waals surface area contributed by atoms with Gasteiger partial charge in [0.2, 0.25) is 0 Å². The van der Waals surface area contributed by atoms with Crippen molar-refractivity contribution in [3.05, 3.63) is 30.1 Å². The molecule has 3 atom stereocenters. The van der Waals surface area contributed by atoms with Crippen LogP contribution >= 0.6 is 0 Å². The average Bonchev–Trinajstić information content (AvgIpc) is 2.42. The maximum atomic E-state index is 12.8. The highest BCUT2D eigenvalue weighted by molar-refractivity contribution is 5.22. The predicted molar refractivity (Wildman–Crippen MR) is 77.4 cm³/mol. The summed E-state index contributed by atoms with van der Waals surface area (Å²) in [5.74, 6) is 0.305. The molecule has 0 aliphatic carbocycles. The zero-order valence-corrected chi connectivity index (χ0v) is 12.3. The summed E-state index contributed by atoms with van der Waals surface area (Å²) in [6.45, 7) is 5.29. The highest BCUT2D eigenvalue weighted by Crippen LogP contribution is 2.22.